The lowest BCUT2D eigenvalue weighted by molar-refractivity contribution is 0.0684. The Balaban J connectivity index is 0.000000171. The van der Waals surface area contributed by atoms with Crippen LogP contribution in [0.4, 0.5) is 14.6 Å². The number of carboxylic acids is 1. The van der Waals surface area contributed by atoms with E-state index in [1.165, 1.54) is 27.6 Å². The summed E-state index contributed by atoms with van der Waals surface area (Å²) in [5.74, 6) is -0.799. The maximum atomic E-state index is 13.7. The first-order chi connectivity index (χ1) is 20.9. The first-order valence-electron chi connectivity index (χ1n) is 12.7. The van der Waals surface area contributed by atoms with Gasteiger partial charge in [0.25, 0.3) is 5.82 Å². The summed E-state index contributed by atoms with van der Waals surface area (Å²) < 4.78 is 30.1. The average molecular weight is 578 g/mol. The van der Waals surface area contributed by atoms with E-state index in [1.807, 2.05) is 0 Å². The van der Waals surface area contributed by atoms with E-state index in [2.05, 4.69) is 35.0 Å². The zero-order valence-electron chi connectivity index (χ0n) is 22.3. The SMILES string of the molecule is O=C(O)c1cc(-c2ncccn2)nn1Cc1ccccc1F.[C-]#[N+]c1cc(-c2ncccn2)nn1Cc1ccccc1F. The molecule has 13 heteroatoms. The summed E-state index contributed by atoms with van der Waals surface area (Å²) in [4.78, 5) is 31.0. The van der Waals surface area contributed by atoms with Gasteiger partial charge in [-0.2, -0.15) is 9.78 Å². The Morgan fingerprint density at radius 2 is 1.19 bits per heavy atom. The summed E-state index contributed by atoms with van der Waals surface area (Å²) in [6, 6.07) is 18.9. The Morgan fingerprint density at radius 3 is 1.67 bits per heavy atom. The molecule has 11 nitrogen and oxygen atoms in total. The molecule has 0 fully saturated rings. The molecule has 4 heterocycles. The topological polar surface area (TPSA) is 129 Å². The first kappa shape index (κ1) is 28.4. The van der Waals surface area contributed by atoms with Gasteiger partial charge in [-0.1, -0.05) is 48.1 Å². The van der Waals surface area contributed by atoms with Crippen LogP contribution in [0.25, 0.3) is 27.9 Å². The van der Waals surface area contributed by atoms with Gasteiger partial charge in [0.15, 0.2) is 11.6 Å². The highest BCUT2D eigenvalue weighted by atomic mass is 19.1. The lowest BCUT2D eigenvalue weighted by atomic mass is 10.2. The van der Waals surface area contributed by atoms with E-state index in [0.717, 1.165) is 0 Å². The van der Waals surface area contributed by atoms with Gasteiger partial charge in [0.05, 0.1) is 6.54 Å². The molecule has 0 aliphatic carbocycles. The van der Waals surface area contributed by atoms with E-state index in [1.54, 1.807) is 79.4 Å². The smallest absolute Gasteiger partial charge is 0.354 e. The number of nitrogens with zero attached hydrogens (tertiary/aromatic N) is 9. The molecular formula is C30H21F2N9O2. The van der Waals surface area contributed by atoms with Crippen LogP contribution in [0.15, 0.2) is 97.6 Å². The minimum atomic E-state index is -1.15. The number of hydrogen-bond acceptors (Lipinski definition) is 7. The lowest BCUT2D eigenvalue weighted by Gasteiger charge is -2.05. The van der Waals surface area contributed by atoms with E-state index in [0.29, 0.717) is 40.0 Å². The Morgan fingerprint density at radius 1 is 0.721 bits per heavy atom. The Labute approximate surface area is 243 Å². The predicted octanol–water partition coefficient (Wildman–Crippen LogP) is 5.30. The quantitative estimate of drug-likeness (QED) is 0.253. The molecule has 1 N–H and O–H groups in total. The van der Waals surface area contributed by atoms with Crippen LogP contribution in [0.2, 0.25) is 0 Å². The molecule has 212 valence electrons. The highest BCUT2D eigenvalue weighted by molar-refractivity contribution is 5.87. The molecule has 0 radical (unpaired) electrons. The third kappa shape index (κ3) is 6.77. The Hall–Kier alpha value is -6.16. The highest BCUT2D eigenvalue weighted by Crippen LogP contribution is 2.22. The van der Waals surface area contributed by atoms with Crippen molar-refractivity contribution < 1.29 is 18.7 Å². The number of aromatic nitrogens is 8. The van der Waals surface area contributed by atoms with E-state index < -0.39 is 11.8 Å². The Bertz CT molecular complexity index is 1900. The van der Waals surface area contributed by atoms with Gasteiger partial charge < -0.3 is 9.95 Å². The molecule has 6 rings (SSSR count). The molecule has 4 aromatic heterocycles. The average Bonchev–Trinajstić information content (AvgIpc) is 3.65. The number of carboxylic acid groups (broad SMARTS) is 1. The van der Waals surface area contributed by atoms with Crippen molar-refractivity contribution in [1.29, 1.82) is 0 Å². The van der Waals surface area contributed by atoms with Crippen molar-refractivity contribution in [3.8, 4) is 23.0 Å². The Kier molecular flexibility index (Phi) is 8.58. The minimum absolute atomic E-state index is 0.0150. The minimum Gasteiger partial charge on any atom is -0.477 e. The maximum absolute atomic E-state index is 13.7. The molecule has 0 saturated heterocycles. The molecule has 0 unspecified atom stereocenters. The van der Waals surface area contributed by atoms with E-state index in [9.17, 15) is 18.7 Å². The van der Waals surface area contributed by atoms with Crippen molar-refractivity contribution in [2.75, 3.05) is 0 Å². The summed E-state index contributed by atoms with van der Waals surface area (Å²) in [5, 5.41) is 17.8. The van der Waals surface area contributed by atoms with Gasteiger partial charge in [-0.25, -0.2) is 33.5 Å². The number of halogens is 2. The molecule has 0 saturated carbocycles. The lowest BCUT2D eigenvalue weighted by Crippen LogP contribution is -2.11. The van der Waals surface area contributed by atoms with Gasteiger partial charge in [0.2, 0.25) is 0 Å². The van der Waals surface area contributed by atoms with Gasteiger partial charge >= 0.3 is 5.97 Å². The molecule has 0 amide bonds. The van der Waals surface area contributed by atoms with Crippen molar-refractivity contribution in [3.63, 3.8) is 0 Å². The number of rotatable bonds is 7. The highest BCUT2D eigenvalue weighted by Gasteiger charge is 2.18. The monoisotopic (exact) mass is 577 g/mol. The van der Waals surface area contributed by atoms with Crippen molar-refractivity contribution >= 4 is 11.8 Å². The van der Waals surface area contributed by atoms with Gasteiger partial charge in [0, 0.05) is 42.0 Å². The largest absolute Gasteiger partial charge is 0.477 e. The summed E-state index contributed by atoms with van der Waals surface area (Å²) in [5.41, 5.74) is 1.61. The zero-order valence-corrected chi connectivity index (χ0v) is 22.3. The third-order valence-electron chi connectivity index (χ3n) is 6.02. The van der Waals surface area contributed by atoms with Crippen LogP contribution in [0.1, 0.15) is 21.6 Å². The number of benzene rings is 2. The van der Waals surface area contributed by atoms with Crippen LogP contribution < -0.4 is 0 Å². The maximum Gasteiger partial charge on any atom is 0.354 e. The number of carbonyl (C=O) groups is 1. The van der Waals surface area contributed by atoms with Crippen molar-refractivity contribution in [1.82, 2.24) is 39.5 Å². The second kappa shape index (κ2) is 13.0. The molecular weight excluding hydrogens is 556 g/mol. The molecule has 0 aliphatic rings. The molecule has 0 bridgehead atoms. The van der Waals surface area contributed by atoms with Crippen molar-refractivity contribution in [2.45, 2.75) is 13.1 Å². The zero-order chi connectivity index (χ0) is 30.2. The molecule has 0 aliphatic heterocycles. The van der Waals surface area contributed by atoms with Crippen molar-refractivity contribution in [2.24, 2.45) is 0 Å². The molecule has 2 aromatic carbocycles. The van der Waals surface area contributed by atoms with Crippen LogP contribution in [0.5, 0.6) is 0 Å². The predicted molar refractivity (Wildman–Crippen MR) is 151 cm³/mol. The standard InChI is InChI=1S/C15H10FN5.C15H11FN4O2/c1-17-14-9-13(15-18-7-4-8-19-15)20-21(14)10-11-5-2-3-6-12(11)16;16-11-5-2-1-4-10(11)9-20-13(15(21)22)8-12(19-20)14-17-6-3-7-18-14/h2-9H,10H2;1-8H,9H2,(H,21,22). The van der Waals surface area contributed by atoms with Crippen LogP contribution in [0.3, 0.4) is 0 Å². The second-order valence-corrected chi connectivity index (χ2v) is 8.86. The second-order valence-electron chi connectivity index (χ2n) is 8.86. The number of hydrogen-bond donors (Lipinski definition) is 1. The fourth-order valence-electron chi connectivity index (χ4n) is 3.98. The third-order valence-corrected chi connectivity index (χ3v) is 6.02. The van der Waals surface area contributed by atoms with Gasteiger partial charge in [-0.05, 0) is 30.3 Å². The van der Waals surface area contributed by atoms with Gasteiger partial charge in [-0.3, -0.25) is 4.68 Å². The molecule has 6 aromatic rings. The van der Waals surface area contributed by atoms with E-state index >= 15 is 0 Å². The van der Waals surface area contributed by atoms with E-state index in [4.69, 9.17) is 6.57 Å². The molecule has 0 spiro atoms. The summed E-state index contributed by atoms with van der Waals surface area (Å²) in [6.45, 7) is 7.42. The summed E-state index contributed by atoms with van der Waals surface area (Å²) in [7, 11) is 0. The van der Waals surface area contributed by atoms with E-state index in [-0.39, 0.29) is 24.6 Å². The van der Waals surface area contributed by atoms with Crippen LogP contribution >= 0.6 is 0 Å². The fraction of sp³-hybridized carbons (Fsp3) is 0.0667. The first-order valence-corrected chi connectivity index (χ1v) is 12.7. The summed E-state index contributed by atoms with van der Waals surface area (Å²) in [6.07, 6.45) is 6.29. The summed E-state index contributed by atoms with van der Waals surface area (Å²) >= 11 is 0. The molecule has 43 heavy (non-hydrogen) atoms. The van der Waals surface area contributed by atoms with Gasteiger partial charge in [-0.15, -0.1) is 0 Å². The van der Waals surface area contributed by atoms with Crippen LogP contribution in [-0.4, -0.2) is 50.6 Å². The van der Waals surface area contributed by atoms with Crippen LogP contribution in [0, 0.1) is 18.2 Å². The van der Waals surface area contributed by atoms with Crippen LogP contribution in [-0.2, 0) is 13.1 Å². The molecule has 0 atom stereocenters. The van der Waals surface area contributed by atoms with Gasteiger partial charge in [0.1, 0.15) is 35.3 Å². The van der Waals surface area contributed by atoms with Crippen molar-refractivity contribution in [3.05, 3.63) is 137 Å². The number of aromatic carboxylic acids is 1. The fourth-order valence-corrected chi connectivity index (χ4v) is 3.98. The normalized spacial score (nSPS) is 10.4.